The highest BCUT2D eigenvalue weighted by Crippen LogP contribution is 2.36. The van der Waals surface area contributed by atoms with Crippen molar-refractivity contribution in [3.8, 4) is 11.5 Å². The van der Waals surface area contributed by atoms with Gasteiger partial charge >= 0.3 is 16.3 Å². The monoisotopic (exact) mass is 641 g/mol. The quantitative estimate of drug-likeness (QED) is 0.117. The molecule has 11 nitrogen and oxygen atoms in total. The molecule has 0 radical (unpaired) electrons. The van der Waals surface area contributed by atoms with Crippen molar-refractivity contribution in [2.75, 3.05) is 14.2 Å². The normalized spacial score (nSPS) is 20.0. The summed E-state index contributed by atoms with van der Waals surface area (Å²) in [6, 6.07) is 2.55. The third-order valence-corrected chi connectivity index (χ3v) is 7.18. The van der Waals surface area contributed by atoms with Gasteiger partial charge in [-0.3, -0.25) is 10.1 Å². The Labute approximate surface area is 255 Å². The Bertz CT molecular complexity index is 1020. The summed E-state index contributed by atoms with van der Waals surface area (Å²) in [5.41, 5.74) is -2.45. The van der Waals surface area contributed by atoms with Gasteiger partial charge in [-0.1, -0.05) is 27.2 Å². The van der Waals surface area contributed by atoms with Crippen LogP contribution in [0.3, 0.4) is 0 Å². The maximum Gasteiger partial charge on any atom is 0.404 e. The van der Waals surface area contributed by atoms with Gasteiger partial charge in [0.1, 0.15) is 18.8 Å². The molecule has 3 unspecified atom stereocenters. The fourth-order valence-electron chi connectivity index (χ4n) is 4.84. The van der Waals surface area contributed by atoms with Crippen LogP contribution in [-0.4, -0.2) is 47.6 Å². The van der Waals surface area contributed by atoms with Gasteiger partial charge in [-0.15, -0.1) is 0 Å². The van der Waals surface area contributed by atoms with E-state index in [9.17, 15) is 24.5 Å². The third kappa shape index (κ3) is 13.8. The van der Waals surface area contributed by atoms with Crippen LogP contribution < -0.4 is 9.47 Å². The first-order chi connectivity index (χ1) is 19.3. The highest BCUT2D eigenvalue weighted by atomic mass is 35.5. The second-order valence-corrected chi connectivity index (χ2v) is 11.0. The highest BCUT2D eigenvalue weighted by molar-refractivity contribution is 6.61. The van der Waals surface area contributed by atoms with Crippen molar-refractivity contribution in [1.29, 1.82) is 0 Å². The topological polar surface area (TPSA) is 140 Å². The van der Waals surface area contributed by atoms with Crippen molar-refractivity contribution >= 4 is 56.8 Å². The van der Waals surface area contributed by atoms with Gasteiger partial charge in [-0.2, -0.15) is 0 Å². The molecule has 0 bridgehead atoms. The summed E-state index contributed by atoms with van der Waals surface area (Å²) in [5.74, 6) is 2.19. The summed E-state index contributed by atoms with van der Waals surface area (Å²) < 4.78 is 24.4. The average Bonchev–Trinajstić information content (AvgIpc) is 3.39. The molecule has 1 aromatic carbocycles. The van der Waals surface area contributed by atoms with E-state index in [1.165, 1.54) is 32.8 Å². The number of carbonyl (C=O) groups excluding carboxylic acids is 3. The van der Waals surface area contributed by atoms with Crippen LogP contribution in [0.15, 0.2) is 12.1 Å². The van der Waals surface area contributed by atoms with E-state index < -0.39 is 21.2 Å². The number of rotatable bonds is 8. The lowest BCUT2D eigenvalue weighted by Crippen LogP contribution is -2.34. The standard InChI is InChI=1S/C11H19ClO2.C10H10ClNO6.C6H9ClO2/c1-7(2)9-5-4-8(3)6-10(9)14-11(12)13;1-16-8-3-6(5-18-10(11)13)7(12(14)15)4-9(8)17-2;7-6(8)9-5-3-1-2-4-5/h7-10H,4-6H2,1-3H3;3-4H,5H2,1-2H3;5H,1-4H2. The first-order valence-corrected chi connectivity index (χ1v) is 14.4. The van der Waals surface area contributed by atoms with Gasteiger partial charge in [0.2, 0.25) is 0 Å². The van der Waals surface area contributed by atoms with Gasteiger partial charge in [-0.25, -0.2) is 14.4 Å². The minimum absolute atomic E-state index is 0.0312. The summed E-state index contributed by atoms with van der Waals surface area (Å²) in [6.45, 7) is 6.23. The number of carbonyl (C=O) groups is 3. The zero-order valence-electron chi connectivity index (χ0n) is 23.9. The number of hydrogen-bond donors (Lipinski definition) is 0. The molecule has 0 spiro atoms. The zero-order valence-corrected chi connectivity index (χ0v) is 26.1. The first kappa shape index (κ1) is 36.5. The van der Waals surface area contributed by atoms with Gasteiger partial charge in [-0.05, 0) is 62.3 Å². The van der Waals surface area contributed by atoms with E-state index in [2.05, 4.69) is 25.5 Å². The van der Waals surface area contributed by atoms with Gasteiger partial charge in [0.15, 0.2) is 11.5 Å². The number of nitro groups is 1. The SMILES string of the molecule is CC1CCC(C(C)C)C(OC(=O)Cl)C1.COc1cc(COC(=O)Cl)c([N+](=O)[O-])cc1OC.O=C(Cl)OC1CCCC1. The van der Waals surface area contributed by atoms with Crippen molar-refractivity contribution in [2.45, 2.75) is 84.5 Å². The number of nitrogens with zero attached hydrogens (tertiary/aromatic N) is 1. The molecule has 14 heteroatoms. The summed E-state index contributed by atoms with van der Waals surface area (Å²) in [5, 5.41) is 10.9. The Hall–Kier alpha value is -2.50. The minimum atomic E-state index is -1.04. The fourth-order valence-corrected chi connectivity index (χ4v) is 5.13. The van der Waals surface area contributed by atoms with Crippen LogP contribution in [0.25, 0.3) is 0 Å². The van der Waals surface area contributed by atoms with Gasteiger partial charge in [0.05, 0.1) is 30.8 Å². The number of ether oxygens (including phenoxy) is 5. The van der Waals surface area contributed by atoms with Crippen molar-refractivity contribution in [1.82, 2.24) is 0 Å². The van der Waals surface area contributed by atoms with Gasteiger partial charge in [0, 0.05) is 34.8 Å². The Kier molecular flexibility index (Phi) is 16.8. The molecule has 0 N–H and O–H groups in total. The van der Waals surface area contributed by atoms with Crippen LogP contribution in [-0.2, 0) is 20.8 Å². The first-order valence-electron chi connectivity index (χ1n) is 13.2. The molecule has 2 fully saturated rings. The lowest BCUT2D eigenvalue weighted by molar-refractivity contribution is -0.385. The van der Waals surface area contributed by atoms with Gasteiger partial charge < -0.3 is 23.7 Å². The largest absolute Gasteiger partial charge is 0.493 e. The Morgan fingerprint density at radius 2 is 1.49 bits per heavy atom. The summed E-state index contributed by atoms with van der Waals surface area (Å²) >= 11 is 15.3. The van der Waals surface area contributed by atoms with Crippen LogP contribution >= 0.6 is 34.8 Å². The highest BCUT2D eigenvalue weighted by Gasteiger charge is 2.33. The van der Waals surface area contributed by atoms with Crippen LogP contribution in [0.4, 0.5) is 20.1 Å². The Balaban J connectivity index is 0.000000324. The average molecular weight is 643 g/mol. The molecule has 0 amide bonds. The van der Waals surface area contributed by atoms with Crippen LogP contribution in [0.2, 0.25) is 0 Å². The summed E-state index contributed by atoms with van der Waals surface area (Å²) in [4.78, 5) is 41.6. The second-order valence-electron chi connectivity index (χ2n) is 10.1. The summed E-state index contributed by atoms with van der Waals surface area (Å²) in [6.07, 6.45) is 7.77. The zero-order chi connectivity index (χ0) is 31.1. The van der Waals surface area contributed by atoms with E-state index in [4.69, 9.17) is 53.8 Å². The molecule has 2 aliphatic rings. The van der Waals surface area contributed by atoms with Crippen molar-refractivity contribution in [3.05, 3.63) is 27.8 Å². The third-order valence-electron chi connectivity index (χ3n) is 6.89. The van der Waals surface area contributed by atoms with E-state index in [-0.39, 0.29) is 35.8 Å². The van der Waals surface area contributed by atoms with E-state index >= 15 is 0 Å². The molecule has 3 rings (SSSR count). The summed E-state index contributed by atoms with van der Waals surface area (Å²) in [7, 11) is 2.75. The molecule has 41 heavy (non-hydrogen) atoms. The number of nitro benzene ring substituents is 1. The molecule has 0 aliphatic heterocycles. The number of halogens is 3. The van der Waals surface area contributed by atoms with Crippen molar-refractivity contribution in [3.63, 3.8) is 0 Å². The molecule has 0 saturated heterocycles. The molecular weight excluding hydrogens is 605 g/mol. The number of hydrogen-bond acceptors (Lipinski definition) is 10. The molecule has 232 valence electrons. The van der Waals surface area contributed by atoms with Crippen molar-refractivity contribution in [2.24, 2.45) is 17.8 Å². The predicted octanol–water partition coefficient (Wildman–Crippen LogP) is 8.61. The van der Waals surface area contributed by atoms with Crippen molar-refractivity contribution < 1.29 is 43.0 Å². The van der Waals surface area contributed by atoms with Gasteiger partial charge in [0.25, 0.3) is 5.69 Å². The van der Waals surface area contributed by atoms with Crippen LogP contribution in [0, 0.1) is 27.9 Å². The smallest absolute Gasteiger partial charge is 0.404 e. The van der Waals surface area contributed by atoms with Crippen LogP contribution in [0.5, 0.6) is 11.5 Å². The molecular formula is C27H38Cl3NO10. The molecule has 2 aliphatic carbocycles. The molecule has 2 saturated carbocycles. The molecule has 1 aromatic rings. The van der Waals surface area contributed by atoms with E-state index in [1.54, 1.807) is 0 Å². The van der Waals surface area contributed by atoms with Crippen LogP contribution in [0.1, 0.15) is 71.3 Å². The number of methoxy groups -OCH3 is 2. The van der Waals surface area contributed by atoms with E-state index in [1.807, 2.05) is 0 Å². The maximum absolute atomic E-state index is 10.9. The Morgan fingerprint density at radius 1 is 0.927 bits per heavy atom. The van der Waals surface area contributed by atoms with E-state index in [0.717, 1.165) is 38.5 Å². The number of benzene rings is 1. The molecule has 3 atom stereocenters. The Morgan fingerprint density at radius 3 is 1.95 bits per heavy atom. The van der Waals surface area contributed by atoms with E-state index in [0.29, 0.717) is 23.5 Å². The maximum atomic E-state index is 10.9. The molecule has 0 heterocycles. The predicted molar refractivity (Wildman–Crippen MR) is 154 cm³/mol. The molecule has 0 aromatic heterocycles. The fraction of sp³-hybridized carbons (Fsp3) is 0.667. The lowest BCUT2D eigenvalue weighted by atomic mass is 9.75. The minimum Gasteiger partial charge on any atom is -0.493 e. The lowest BCUT2D eigenvalue weighted by Gasteiger charge is -2.36. The second kappa shape index (κ2) is 18.8.